The molecule has 0 fully saturated rings. The topological polar surface area (TPSA) is 619 Å². The first-order valence-corrected chi connectivity index (χ1v) is 30.8. The van der Waals surface area contributed by atoms with Crippen LogP contribution in [0.5, 0.6) is 0 Å². The lowest BCUT2D eigenvalue weighted by Gasteiger charge is -2.35. The van der Waals surface area contributed by atoms with E-state index in [2.05, 4.69) is 83.1 Å². The minimum Gasteiger partial charge on any atom is -0.907 e. The first kappa shape index (κ1) is 94.5. The van der Waals surface area contributed by atoms with Crippen molar-refractivity contribution in [2.75, 3.05) is 93.8 Å². The van der Waals surface area contributed by atoms with E-state index in [1.807, 2.05) is 0 Å². The number of carboxylic acids is 6. The number of hydrogen-bond acceptors (Lipinski definition) is 21. The fourth-order valence-corrected chi connectivity index (χ4v) is 9.11. The molecule has 36 nitrogen and oxygen atoms in total. The first-order chi connectivity index (χ1) is 33.5. The van der Waals surface area contributed by atoms with Crippen LogP contribution in [0.15, 0.2) is 0 Å². The van der Waals surface area contributed by atoms with E-state index in [0.717, 1.165) is 0 Å². The summed E-state index contributed by atoms with van der Waals surface area (Å²) in [6, 6.07) is 0. The molecule has 0 heterocycles. The lowest BCUT2D eigenvalue weighted by Crippen LogP contribution is -2.56. The largest absolute Gasteiger partial charge is 0.907 e. The molecule has 12 N–H and O–H groups in total. The van der Waals surface area contributed by atoms with Crippen LogP contribution in [-0.4, -0.2) is 259 Å². The quantitative estimate of drug-likeness (QED) is 0.0266. The summed E-state index contributed by atoms with van der Waals surface area (Å²) in [6.45, 7) is 42.7. The number of carbonyl (C=O) groups is 6. The molecule has 0 saturated heterocycles. The SMILES string of the molecule is CC[N+](CC)(CC)CC.CC[N+](CC)(CC)CC.CC[N+](CC)(CC)CC.O=C(O)C(=O)O.O=C(O)C(=O)O.O=C(O)C(=O)O.O=S(=O)(O)CS(=O)(=O)O.O=S(=O)(O)CS(=O)(=O)O.O=S(=O)(O)CS(=O)(=O)O.[O-]B([O-])[O-]. The van der Waals surface area contributed by atoms with Crippen LogP contribution >= 0.6 is 0 Å². The van der Waals surface area contributed by atoms with Gasteiger partial charge in [-0.15, -0.1) is 0 Å². The minimum absolute atomic E-state index is 1.28. The summed E-state index contributed by atoms with van der Waals surface area (Å²) in [5.41, 5.74) is 0. The molecule has 462 valence electrons. The highest BCUT2D eigenvalue weighted by atomic mass is 32.3. The Hall–Kier alpha value is -3.90. The van der Waals surface area contributed by atoms with Gasteiger partial charge in [0.25, 0.3) is 60.7 Å². The summed E-state index contributed by atoms with van der Waals surface area (Å²) in [7, 11) is -30.6. The van der Waals surface area contributed by atoms with E-state index in [9.17, 15) is 50.5 Å². The Morgan fingerprint density at radius 2 is 0.342 bits per heavy atom. The third-order valence-electron chi connectivity index (χ3n) is 9.49. The molecule has 0 atom stereocenters. The van der Waals surface area contributed by atoms with Gasteiger partial charge in [-0.1, -0.05) is 0 Å². The third kappa shape index (κ3) is 86.8. The Morgan fingerprint density at radius 1 is 0.276 bits per heavy atom. The van der Waals surface area contributed by atoms with Gasteiger partial charge in [0.15, 0.2) is 0 Å². The number of hydrogen-bond donors (Lipinski definition) is 12. The van der Waals surface area contributed by atoms with Crippen LogP contribution in [0.3, 0.4) is 0 Å². The van der Waals surface area contributed by atoms with E-state index in [1.54, 1.807) is 0 Å². The lowest BCUT2D eigenvalue weighted by molar-refractivity contribution is -0.921. The normalized spacial score (nSPS) is 11.2. The second-order valence-electron chi connectivity index (χ2n) is 13.8. The van der Waals surface area contributed by atoms with Crippen molar-refractivity contribution < 1.29 is 166 Å². The predicted octanol–water partition coefficient (Wildman–Crippen LogP) is -4.67. The fraction of sp³-hybridized carbons (Fsp3) is 0.818. The number of quaternary nitrogens is 3. The highest BCUT2D eigenvalue weighted by molar-refractivity contribution is 8.03. The Labute approximate surface area is 444 Å². The maximum Gasteiger partial charge on any atom is 0.414 e. The number of rotatable bonds is 18. The molecule has 0 saturated carbocycles. The van der Waals surface area contributed by atoms with Gasteiger partial charge in [0.1, 0.15) is 0 Å². The number of nitrogens with zero attached hydrogens (tertiary/aromatic N) is 3. The van der Waals surface area contributed by atoms with E-state index in [-0.39, 0.29) is 0 Å². The van der Waals surface area contributed by atoms with Crippen LogP contribution in [0.2, 0.25) is 0 Å². The van der Waals surface area contributed by atoms with Crippen molar-refractivity contribution >= 4 is 104 Å². The summed E-state index contributed by atoms with van der Waals surface area (Å²) in [6.07, 6.45) is 0. The van der Waals surface area contributed by atoms with Gasteiger partial charge in [-0.25, -0.2) is 28.8 Å². The van der Waals surface area contributed by atoms with Crippen molar-refractivity contribution in [2.24, 2.45) is 0 Å². The van der Waals surface area contributed by atoms with Crippen LogP contribution in [0, 0.1) is 0 Å². The number of aliphatic carboxylic acids is 6. The highest BCUT2D eigenvalue weighted by Crippen LogP contribution is 2.05. The summed E-state index contributed by atoms with van der Waals surface area (Å²) < 4.78 is 167. The second kappa shape index (κ2) is 47.1. The molecule has 0 aromatic heterocycles. The molecule has 0 rings (SSSR count). The Balaban J connectivity index is -0.0000000802. The molecule has 0 spiro atoms. The predicted molar refractivity (Wildman–Crippen MR) is 263 cm³/mol. The van der Waals surface area contributed by atoms with Gasteiger partial charge in [-0.2, -0.15) is 50.5 Å². The van der Waals surface area contributed by atoms with Gasteiger partial charge in [-0.05, 0) is 83.1 Å². The third-order valence-corrected chi connectivity index (χ3v) is 16.6. The van der Waals surface area contributed by atoms with Gasteiger partial charge in [0, 0.05) is 0 Å². The molecular weight excluding hydrogens is 1170 g/mol. The van der Waals surface area contributed by atoms with Crippen LogP contribution in [0.4, 0.5) is 0 Å². The first-order valence-electron chi connectivity index (χ1n) is 21.1. The molecule has 0 amide bonds. The molecule has 0 aliphatic heterocycles. The van der Waals surface area contributed by atoms with Crippen molar-refractivity contribution in [3.63, 3.8) is 0 Å². The van der Waals surface area contributed by atoms with Crippen molar-refractivity contribution in [3.05, 3.63) is 0 Å². The van der Waals surface area contributed by atoms with Crippen LogP contribution in [-0.2, 0) is 89.5 Å². The molecule has 0 bridgehead atoms. The molecule has 0 radical (unpaired) electrons. The summed E-state index contributed by atoms with van der Waals surface area (Å²) >= 11 is 0. The fourth-order valence-electron chi connectivity index (χ4n) is 4.59. The maximum atomic E-state index is 9.66. The lowest BCUT2D eigenvalue weighted by atomic mass is 10.3. The molecular formula is C33H78BN3O33S6. The van der Waals surface area contributed by atoms with Gasteiger partial charge >= 0.3 is 35.8 Å². The van der Waals surface area contributed by atoms with E-state index < -0.39 is 119 Å². The monoisotopic (exact) mass is 1250 g/mol. The molecule has 0 aliphatic rings. The van der Waals surface area contributed by atoms with Crippen LogP contribution in [0.1, 0.15) is 83.1 Å². The standard InChI is InChI=1S/3C8H20N.3C2H2O4.3CH4O6S2.BO3/c3*1-5-9(6-2,7-3)8-4;3*3-1(4)2(5)6;3*2-8(3,4)1-9(5,6)7;2-1(3)4/h3*5-8H2,1-4H3;3*(H,3,4)(H,5,6);3*1H2,(H,2,3,4)(H,5,6,7);/q3*+1;;;;;;;-3. The highest BCUT2D eigenvalue weighted by Gasteiger charge is 2.19. The minimum atomic E-state index is -4.62. The molecule has 76 heavy (non-hydrogen) atoms. The van der Waals surface area contributed by atoms with E-state index in [0.29, 0.717) is 0 Å². The molecule has 0 aromatic carbocycles. The van der Waals surface area contributed by atoms with Gasteiger partial charge < -0.3 is 59.2 Å². The van der Waals surface area contributed by atoms with E-state index >= 15 is 0 Å². The van der Waals surface area contributed by atoms with Crippen molar-refractivity contribution in [1.29, 1.82) is 0 Å². The summed E-state index contributed by atoms with van der Waals surface area (Å²) in [4.78, 5) is 54.6. The summed E-state index contributed by atoms with van der Waals surface area (Å²) in [5, 5.41) is 64.6. The van der Waals surface area contributed by atoms with Gasteiger partial charge in [0.05, 0.1) is 78.5 Å². The zero-order valence-electron chi connectivity index (χ0n) is 43.9. The van der Waals surface area contributed by atoms with E-state index in [1.165, 1.54) is 92.0 Å². The average Bonchev–Trinajstić information content (AvgIpc) is 3.22. The molecule has 43 heteroatoms. The van der Waals surface area contributed by atoms with Gasteiger partial charge in [0.2, 0.25) is 15.3 Å². The smallest absolute Gasteiger partial charge is 0.414 e. The van der Waals surface area contributed by atoms with Crippen molar-refractivity contribution in [3.8, 4) is 0 Å². The number of carboxylic acid groups (broad SMARTS) is 6. The zero-order valence-corrected chi connectivity index (χ0v) is 48.8. The van der Waals surface area contributed by atoms with Crippen molar-refractivity contribution in [1.82, 2.24) is 0 Å². The second-order valence-corrected chi connectivity index (χ2v) is 23.6. The van der Waals surface area contributed by atoms with Gasteiger partial charge in [-0.3, -0.25) is 34.6 Å². The van der Waals surface area contributed by atoms with Crippen molar-refractivity contribution in [2.45, 2.75) is 83.1 Å². The van der Waals surface area contributed by atoms with E-state index in [4.69, 9.17) is 102 Å². The Morgan fingerprint density at radius 3 is 0.342 bits per heavy atom. The molecule has 0 aliphatic carbocycles. The molecule has 0 aromatic rings. The zero-order chi connectivity index (χ0) is 64.1. The Bertz CT molecular complexity index is 1870. The van der Waals surface area contributed by atoms with Crippen LogP contribution in [0.25, 0.3) is 0 Å². The van der Waals surface area contributed by atoms with Crippen LogP contribution < -0.4 is 15.1 Å². The summed E-state index contributed by atoms with van der Waals surface area (Å²) in [5.74, 6) is -10.9. The Kier molecular flexibility index (Phi) is 58.6. The maximum absolute atomic E-state index is 9.66. The molecule has 0 unspecified atom stereocenters. The average molecular weight is 1250 g/mol.